The molecule has 30 heavy (non-hydrogen) atoms. The number of nitrogens with zero attached hydrogens (tertiary/aromatic N) is 1. The van der Waals surface area contributed by atoms with E-state index in [0.717, 1.165) is 31.4 Å². The molecular formula is C20H23N3O7. The van der Waals surface area contributed by atoms with E-state index in [2.05, 4.69) is 10.6 Å². The van der Waals surface area contributed by atoms with Gasteiger partial charge >= 0.3 is 17.9 Å². The lowest BCUT2D eigenvalue weighted by Crippen LogP contribution is -2.62. The minimum atomic E-state index is -0.842. The summed E-state index contributed by atoms with van der Waals surface area (Å²) in [5, 5.41) is 15.8. The highest BCUT2D eigenvalue weighted by atomic mass is 16.6. The van der Waals surface area contributed by atoms with Gasteiger partial charge in [-0.2, -0.15) is 0 Å². The molecule has 4 aliphatic carbocycles. The van der Waals surface area contributed by atoms with E-state index < -0.39 is 35.3 Å². The summed E-state index contributed by atoms with van der Waals surface area (Å²) in [6.07, 6.45) is 8.79. The van der Waals surface area contributed by atoms with Crippen LogP contribution in [0.2, 0.25) is 0 Å². The zero-order valence-corrected chi connectivity index (χ0v) is 16.3. The molecular weight excluding hydrogens is 394 g/mol. The average Bonchev–Trinajstić information content (AvgIpc) is 3.12. The van der Waals surface area contributed by atoms with Crippen LogP contribution in [-0.2, 0) is 14.3 Å². The number of amides is 3. The van der Waals surface area contributed by atoms with Crippen molar-refractivity contribution >= 4 is 29.9 Å². The van der Waals surface area contributed by atoms with Crippen molar-refractivity contribution in [3.05, 3.63) is 34.1 Å². The van der Waals surface area contributed by atoms with Gasteiger partial charge in [-0.1, -0.05) is 0 Å². The highest BCUT2D eigenvalue weighted by Crippen LogP contribution is 2.55. The number of urea groups is 1. The molecule has 0 radical (unpaired) electrons. The first kappa shape index (κ1) is 20.1. The van der Waals surface area contributed by atoms with Gasteiger partial charge in [0.25, 0.3) is 5.91 Å². The quantitative estimate of drug-likeness (QED) is 0.313. The van der Waals surface area contributed by atoms with Gasteiger partial charge in [-0.15, -0.1) is 0 Å². The SMILES string of the molecule is O=C(COC(=O)/C=C/c1ccc([N+](=O)[O-])o1)NC(=O)NC12CC3CC(CC(C3)C1)C2. The van der Waals surface area contributed by atoms with Crippen LogP contribution >= 0.6 is 0 Å². The van der Waals surface area contributed by atoms with Gasteiger partial charge in [-0.05, 0) is 68.4 Å². The van der Waals surface area contributed by atoms with Crippen molar-refractivity contribution in [1.82, 2.24) is 10.6 Å². The molecule has 4 bridgehead atoms. The van der Waals surface area contributed by atoms with Crippen LogP contribution < -0.4 is 10.6 Å². The van der Waals surface area contributed by atoms with Crippen LogP contribution in [0.5, 0.6) is 0 Å². The topological polar surface area (TPSA) is 141 Å². The normalized spacial score (nSPS) is 29.0. The van der Waals surface area contributed by atoms with Crippen LogP contribution in [0.25, 0.3) is 6.08 Å². The van der Waals surface area contributed by atoms with E-state index in [1.807, 2.05) is 0 Å². The molecule has 0 aliphatic heterocycles. The molecule has 0 unspecified atom stereocenters. The van der Waals surface area contributed by atoms with Crippen LogP contribution in [0.4, 0.5) is 10.7 Å². The fraction of sp³-hybridized carbons (Fsp3) is 0.550. The van der Waals surface area contributed by atoms with Crippen molar-refractivity contribution in [3.8, 4) is 0 Å². The average molecular weight is 417 g/mol. The zero-order valence-electron chi connectivity index (χ0n) is 16.3. The second-order valence-corrected chi connectivity index (χ2v) is 8.57. The Morgan fingerprint density at radius 3 is 2.37 bits per heavy atom. The fourth-order valence-electron chi connectivity index (χ4n) is 5.56. The Labute approximate surface area is 172 Å². The first-order chi connectivity index (χ1) is 14.3. The third-order valence-electron chi connectivity index (χ3n) is 6.19. The lowest BCUT2D eigenvalue weighted by Gasteiger charge is -2.56. The van der Waals surface area contributed by atoms with E-state index in [4.69, 9.17) is 9.15 Å². The van der Waals surface area contributed by atoms with Crippen molar-refractivity contribution in [2.45, 2.75) is 44.1 Å². The highest BCUT2D eigenvalue weighted by molar-refractivity contribution is 5.96. The van der Waals surface area contributed by atoms with Gasteiger partial charge in [0.05, 0.1) is 6.07 Å². The minimum absolute atomic E-state index is 0.0954. The molecule has 2 N–H and O–H groups in total. The number of ether oxygens (including phenoxy) is 1. The molecule has 3 amide bonds. The first-order valence-corrected chi connectivity index (χ1v) is 10.0. The number of carbonyl (C=O) groups is 3. The van der Waals surface area contributed by atoms with E-state index in [1.54, 1.807) is 0 Å². The second-order valence-electron chi connectivity index (χ2n) is 8.57. The number of imide groups is 1. The molecule has 0 aromatic carbocycles. The maximum Gasteiger partial charge on any atom is 0.433 e. The number of rotatable bonds is 6. The standard InChI is InChI=1S/C20H23N3O7/c24-16(11-29-18(25)4-2-15-1-3-17(30-15)23(27)28)21-19(26)22-20-8-12-5-13(9-20)7-14(6-12)10-20/h1-4,12-14H,5-11H2,(H2,21,22,24,26)/b4-2+. The van der Waals surface area contributed by atoms with Crippen LogP contribution in [0.15, 0.2) is 22.6 Å². The summed E-state index contributed by atoms with van der Waals surface area (Å²) in [4.78, 5) is 45.7. The molecule has 160 valence electrons. The van der Waals surface area contributed by atoms with E-state index >= 15 is 0 Å². The van der Waals surface area contributed by atoms with Crippen molar-refractivity contribution in [2.24, 2.45) is 17.8 Å². The van der Waals surface area contributed by atoms with Gasteiger partial charge in [0.1, 0.15) is 10.7 Å². The van der Waals surface area contributed by atoms with Crippen LogP contribution in [0, 0.1) is 27.9 Å². The second kappa shape index (κ2) is 7.92. The number of esters is 1. The van der Waals surface area contributed by atoms with Crippen molar-refractivity contribution in [2.75, 3.05) is 6.61 Å². The van der Waals surface area contributed by atoms with E-state index in [0.29, 0.717) is 17.8 Å². The Kier molecular flexibility index (Phi) is 5.31. The summed E-state index contributed by atoms with van der Waals surface area (Å²) in [6, 6.07) is 1.92. The smallest absolute Gasteiger partial charge is 0.433 e. The summed E-state index contributed by atoms with van der Waals surface area (Å²) in [6.45, 7) is -0.615. The third kappa shape index (κ3) is 4.52. The molecule has 1 aromatic heterocycles. The maximum atomic E-state index is 12.3. The number of nitro groups is 1. The lowest BCUT2D eigenvalue weighted by molar-refractivity contribution is -0.402. The summed E-state index contributed by atoms with van der Waals surface area (Å²) >= 11 is 0. The van der Waals surface area contributed by atoms with Crippen molar-refractivity contribution < 1.29 is 28.5 Å². The van der Waals surface area contributed by atoms with E-state index in [-0.39, 0.29) is 11.3 Å². The largest absolute Gasteiger partial charge is 0.452 e. The number of hydrogen-bond donors (Lipinski definition) is 2. The molecule has 4 fully saturated rings. The fourth-order valence-corrected chi connectivity index (χ4v) is 5.56. The van der Waals surface area contributed by atoms with E-state index in [1.165, 1.54) is 31.4 Å². The molecule has 0 atom stereocenters. The molecule has 5 rings (SSSR count). The molecule has 4 saturated carbocycles. The van der Waals surface area contributed by atoms with Crippen LogP contribution in [0.1, 0.15) is 44.3 Å². The summed E-state index contributed by atoms with van der Waals surface area (Å²) < 4.78 is 9.64. The lowest BCUT2D eigenvalue weighted by atomic mass is 9.53. The third-order valence-corrected chi connectivity index (χ3v) is 6.19. The first-order valence-electron chi connectivity index (χ1n) is 10.0. The molecule has 10 heteroatoms. The van der Waals surface area contributed by atoms with Crippen LogP contribution in [-0.4, -0.2) is 35.0 Å². The Hall–Kier alpha value is -3.17. The number of hydrogen-bond acceptors (Lipinski definition) is 7. The van der Waals surface area contributed by atoms with Gasteiger partial charge in [-0.25, -0.2) is 9.59 Å². The summed E-state index contributed by atoms with van der Waals surface area (Å²) in [5.74, 6) is 0.0607. The minimum Gasteiger partial charge on any atom is -0.452 e. The molecule has 1 aromatic rings. The Morgan fingerprint density at radius 1 is 1.17 bits per heavy atom. The van der Waals surface area contributed by atoms with Crippen molar-refractivity contribution in [1.29, 1.82) is 0 Å². The molecule has 0 spiro atoms. The summed E-state index contributed by atoms with van der Waals surface area (Å²) in [5.41, 5.74) is -0.218. The zero-order chi connectivity index (χ0) is 21.3. The molecule has 10 nitrogen and oxygen atoms in total. The monoisotopic (exact) mass is 417 g/mol. The highest BCUT2D eigenvalue weighted by Gasteiger charge is 2.51. The Morgan fingerprint density at radius 2 is 1.80 bits per heavy atom. The van der Waals surface area contributed by atoms with Gasteiger partial charge in [0.2, 0.25) is 0 Å². The maximum absolute atomic E-state index is 12.3. The van der Waals surface area contributed by atoms with Crippen molar-refractivity contribution in [3.63, 3.8) is 0 Å². The van der Waals surface area contributed by atoms with E-state index in [9.17, 15) is 24.5 Å². The predicted octanol–water partition coefficient (Wildman–Crippen LogP) is 2.54. The number of carbonyl (C=O) groups excluding carboxylic acids is 3. The van der Waals surface area contributed by atoms with Gasteiger partial charge in [0, 0.05) is 11.6 Å². The number of furan rings is 1. The number of nitrogens with one attached hydrogen (secondary N) is 2. The molecule has 1 heterocycles. The summed E-state index contributed by atoms with van der Waals surface area (Å²) in [7, 11) is 0. The van der Waals surface area contributed by atoms with Gasteiger partial charge < -0.3 is 14.5 Å². The predicted molar refractivity (Wildman–Crippen MR) is 103 cm³/mol. The Balaban J connectivity index is 1.21. The molecule has 0 saturated heterocycles. The van der Waals surface area contributed by atoms with Crippen LogP contribution in [0.3, 0.4) is 0 Å². The van der Waals surface area contributed by atoms with Gasteiger partial charge in [-0.3, -0.25) is 20.2 Å². The Bertz CT molecular complexity index is 869. The van der Waals surface area contributed by atoms with Gasteiger partial charge in [0.15, 0.2) is 6.61 Å². The molecule has 4 aliphatic rings.